The Hall–Kier alpha value is -2.73. The van der Waals surface area contributed by atoms with Crippen LogP contribution in [-0.2, 0) is 10.3 Å². The van der Waals surface area contributed by atoms with E-state index in [0.717, 1.165) is 43.1 Å². The molecule has 0 saturated carbocycles. The Morgan fingerprint density at radius 1 is 0.941 bits per heavy atom. The molecule has 2 aliphatic rings. The quantitative estimate of drug-likeness (QED) is 0.502. The molecule has 2 heterocycles. The van der Waals surface area contributed by atoms with E-state index < -0.39 is 5.54 Å². The zero-order valence-electron chi connectivity index (χ0n) is 21.3. The Bertz CT molecular complexity index is 1050. The van der Waals surface area contributed by atoms with Gasteiger partial charge in [-0.15, -0.1) is 0 Å². The van der Waals surface area contributed by atoms with Crippen molar-refractivity contribution in [3.63, 3.8) is 0 Å². The van der Waals surface area contributed by atoms with Crippen molar-refractivity contribution in [1.29, 1.82) is 0 Å². The second kappa shape index (κ2) is 9.87. The number of unbranched alkanes of at least 4 members (excludes halogenated alkanes) is 1. The standard InChI is InChI=1S/C28H37NO5/c1-7-8-9-20-21-15-25(33-5)26(34-6)16-22(21)28(2)17-19(30)12-13-29(28)27(20)18-10-11-23(31-3)24(14-18)32-4/h10-11,14-16,20,27H,7-9,12-13,17H2,1-6H3/t20-,27-,28?/m1/s1. The molecule has 1 saturated heterocycles. The third kappa shape index (κ3) is 4.02. The summed E-state index contributed by atoms with van der Waals surface area (Å²) in [6, 6.07) is 10.6. The zero-order chi connectivity index (χ0) is 24.5. The van der Waals surface area contributed by atoms with E-state index in [2.05, 4.69) is 43.0 Å². The summed E-state index contributed by atoms with van der Waals surface area (Å²) in [7, 11) is 6.68. The zero-order valence-corrected chi connectivity index (χ0v) is 21.3. The molecule has 0 amide bonds. The van der Waals surface area contributed by atoms with Gasteiger partial charge in [-0.1, -0.05) is 25.8 Å². The van der Waals surface area contributed by atoms with Crippen molar-refractivity contribution in [2.75, 3.05) is 35.0 Å². The Balaban J connectivity index is 1.96. The topological polar surface area (TPSA) is 57.2 Å². The summed E-state index contributed by atoms with van der Waals surface area (Å²) < 4.78 is 22.6. The van der Waals surface area contributed by atoms with E-state index in [1.54, 1.807) is 28.4 Å². The van der Waals surface area contributed by atoms with Gasteiger partial charge in [-0.2, -0.15) is 0 Å². The summed E-state index contributed by atoms with van der Waals surface area (Å²) in [5, 5.41) is 0. The third-order valence-corrected chi connectivity index (χ3v) is 7.68. The lowest BCUT2D eigenvalue weighted by atomic mass is 9.67. The summed E-state index contributed by atoms with van der Waals surface area (Å²) in [5.74, 6) is 3.43. The highest BCUT2D eigenvalue weighted by atomic mass is 16.5. The van der Waals surface area contributed by atoms with Crippen molar-refractivity contribution in [1.82, 2.24) is 4.90 Å². The molecule has 3 atom stereocenters. The molecular weight excluding hydrogens is 430 g/mol. The first-order valence-electron chi connectivity index (χ1n) is 12.2. The predicted molar refractivity (Wildman–Crippen MR) is 132 cm³/mol. The molecule has 2 aliphatic heterocycles. The number of Topliss-reactive ketones (excluding diaryl/α,β-unsaturated/α-hetero) is 1. The molecule has 0 spiro atoms. The number of carbonyl (C=O) groups excluding carboxylic acids is 1. The van der Waals surface area contributed by atoms with Crippen LogP contribution in [0.15, 0.2) is 30.3 Å². The second-order valence-corrected chi connectivity index (χ2v) is 9.54. The first-order chi connectivity index (χ1) is 16.4. The van der Waals surface area contributed by atoms with Crippen molar-refractivity contribution in [2.24, 2.45) is 0 Å². The minimum absolute atomic E-state index is 0.107. The smallest absolute Gasteiger partial charge is 0.161 e. The van der Waals surface area contributed by atoms with Gasteiger partial charge in [-0.05, 0) is 54.3 Å². The van der Waals surface area contributed by atoms with E-state index in [9.17, 15) is 4.79 Å². The molecule has 2 aromatic carbocycles. The largest absolute Gasteiger partial charge is 0.493 e. The first kappa shape index (κ1) is 24.4. The van der Waals surface area contributed by atoms with Crippen molar-refractivity contribution in [2.45, 2.75) is 63.5 Å². The first-order valence-corrected chi connectivity index (χ1v) is 12.2. The maximum absolute atomic E-state index is 12.8. The number of nitrogens with zero attached hydrogens (tertiary/aromatic N) is 1. The maximum atomic E-state index is 12.8. The number of methoxy groups -OCH3 is 4. The van der Waals surface area contributed by atoms with Crippen molar-refractivity contribution in [3.8, 4) is 23.0 Å². The SMILES string of the molecule is CCCC[C@@H]1c2cc(OC)c(OC)cc2C2(C)CC(=O)CCN2[C@@H]1c1ccc(OC)c(OC)c1. The van der Waals surface area contributed by atoms with Gasteiger partial charge in [-0.3, -0.25) is 9.69 Å². The van der Waals surface area contributed by atoms with Crippen LogP contribution < -0.4 is 18.9 Å². The fourth-order valence-corrected chi connectivity index (χ4v) is 6.00. The number of hydrogen-bond acceptors (Lipinski definition) is 6. The summed E-state index contributed by atoms with van der Waals surface area (Å²) >= 11 is 0. The fraction of sp³-hybridized carbons (Fsp3) is 0.536. The van der Waals surface area contributed by atoms with Gasteiger partial charge in [-0.25, -0.2) is 0 Å². The van der Waals surface area contributed by atoms with Crippen LogP contribution in [0.25, 0.3) is 0 Å². The van der Waals surface area contributed by atoms with Gasteiger partial charge in [0.05, 0.1) is 34.0 Å². The van der Waals surface area contributed by atoms with Crippen molar-refractivity contribution in [3.05, 3.63) is 47.0 Å². The Morgan fingerprint density at radius 3 is 2.24 bits per heavy atom. The number of ketones is 1. The number of piperidine rings is 1. The van der Waals surface area contributed by atoms with E-state index in [1.807, 2.05) is 6.07 Å². The summed E-state index contributed by atoms with van der Waals surface area (Å²) in [6.07, 6.45) is 4.33. The van der Waals surface area contributed by atoms with Crippen molar-refractivity contribution >= 4 is 5.78 Å². The van der Waals surface area contributed by atoms with E-state index in [0.29, 0.717) is 24.4 Å². The lowest BCUT2D eigenvalue weighted by Crippen LogP contribution is -2.56. The highest BCUT2D eigenvalue weighted by Gasteiger charge is 2.51. The summed E-state index contributed by atoms with van der Waals surface area (Å²) in [4.78, 5) is 15.3. The number of benzene rings is 2. The molecule has 4 rings (SSSR count). The molecule has 0 aliphatic carbocycles. The summed E-state index contributed by atoms with van der Waals surface area (Å²) in [5.41, 5.74) is 3.18. The predicted octanol–water partition coefficient (Wildman–Crippen LogP) is 5.63. The van der Waals surface area contributed by atoms with Gasteiger partial charge < -0.3 is 18.9 Å². The van der Waals surface area contributed by atoms with Gasteiger partial charge >= 0.3 is 0 Å². The molecule has 6 heteroatoms. The Labute approximate surface area is 203 Å². The van der Waals surface area contributed by atoms with Crippen LogP contribution in [-0.4, -0.2) is 45.7 Å². The normalized spacial score (nSPS) is 24.2. The molecule has 0 radical (unpaired) electrons. The molecule has 0 N–H and O–H groups in total. The van der Waals surface area contributed by atoms with Crippen LogP contribution in [0.4, 0.5) is 0 Å². The summed E-state index contributed by atoms with van der Waals surface area (Å²) in [6.45, 7) is 5.16. The lowest BCUT2D eigenvalue weighted by molar-refractivity contribution is -0.129. The van der Waals surface area contributed by atoms with E-state index in [1.165, 1.54) is 16.7 Å². The van der Waals surface area contributed by atoms with E-state index >= 15 is 0 Å². The number of fused-ring (bicyclic) bond motifs is 3. The minimum atomic E-state index is -0.426. The second-order valence-electron chi connectivity index (χ2n) is 9.54. The van der Waals surface area contributed by atoms with Crippen LogP contribution in [0.2, 0.25) is 0 Å². The maximum Gasteiger partial charge on any atom is 0.161 e. The fourth-order valence-electron chi connectivity index (χ4n) is 6.00. The molecule has 34 heavy (non-hydrogen) atoms. The number of hydrogen-bond donors (Lipinski definition) is 0. The van der Waals surface area contributed by atoms with Gasteiger partial charge in [0, 0.05) is 31.3 Å². The Morgan fingerprint density at radius 2 is 1.59 bits per heavy atom. The molecule has 6 nitrogen and oxygen atoms in total. The van der Waals surface area contributed by atoms with Gasteiger partial charge in [0.25, 0.3) is 0 Å². The molecule has 2 aromatic rings. The van der Waals surface area contributed by atoms with Crippen molar-refractivity contribution < 1.29 is 23.7 Å². The van der Waals surface area contributed by atoms with E-state index in [4.69, 9.17) is 18.9 Å². The van der Waals surface area contributed by atoms with Crippen LogP contribution in [0.5, 0.6) is 23.0 Å². The van der Waals surface area contributed by atoms with E-state index in [-0.39, 0.29) is 12.0 Å². The highest BCUT2D eigenvalue weighted by molar-refractivity contribution is 5.81. The number of ether oxygens (including phenoxy) is 4. The Kier molecular flexibility index (Phi) is 7.08. The molecular formula is C28H37NO5. The third-order valence-electron chi connectivity index (χ3n) is 7.68. The molecule has 1 fully saturated rings. The monoisotopic (exact) mass is 467 g/mol. The van der Waals surface area contributed by atoms with Crippen LogP contribution in [0.1, 0.15) is 74.6 Å². The number of carbonyl (C=O) groups is 1. The van der Waals surface area contributed by atoms with Gasteiger partial charge in [0.15, 0.2) is 23.0 Å². The van der Waals surface area contributed by atoms with Crippen LogP contribution >= 0.6 is 0 Å². The molecule has 0 bridgehead atoms. The van der Waals surface area contributed by atoms with Crippen LogP contribution in [0, 0.1) is 0 Å². The average molecular weight is 468 g/mol. The van der Waals surface area contributed by atoms with Gasteiger partial charge in [0.2, 0.25) is 0 Å². The number of rotatable bonds is 8. The average Bonchev–Trinajstić information content (AvgIpc) is 2.85. The lowest BCUT2D eigenvalue weighted by Gasteiger charge is -2.56. The van der Waals surface area contributed by atoms with Crippen LogP contribution in [0.3, 0.4) is 0 Å². The molecule has 184 valence electrons. The molecule has 0 aromatic heterocycles. The molecule has 1 unspecified atom stereocenters. The highest BCUT2D eigenvalue weighted by Crippen LogP contribution is 2.57. The minimum Gasteiger partial charge on any atom is -0.493 e. The van der Waals surface area contributed by atoms with Gasteiger partial charge in [0.1, 0.15) is 5.78 Å².